The standard InChI is InChI=1S/C27H21Cl2N3O5S/c1-17-6-10-20(11-7-17)38(35,36)31-16-26(33)32-30-15-23-21-5-3-2-4-18(21)8-13-25(23)37-27(34)22-12-9-19(28)14-24(22)29/h2-15,31H,16H2,1H3,(H,32,33). The molecule has 0 spiro atoms. The smallest absolute Gasteiger partial charge is 0.345 e. The zero-order valence-electron chi connectivity index (χ0n) is 19.9. The molecule has 2 N–H and O–H groups in total. The Balaban J connectivity index is 1.50. The molecular weight excluding hydrogens is 549 g/mol. The van der Waals surface area contributed by atoms with Crippen LogP contribution in [0.3, 0.4) is 0 Å². The maximum absolute atomic E-state index is 12.8. The van der Waals surface area contributed by atoms with Crippen molar-refractivity contribution in [3.8, 4) is 5.75 Å². The minimum absolute atomic E-state index is 0.0439. The Hall–Kier alpha value is -3.76. The van der Waals surface area contributed by atoms with Crippen LogP contribution < -0.4 is 14.9 Å². The Morgan fingerprint density at radius 2 is 1.71 bits per heavy atom. The number of nitrogens with zero attached hydrogens (tertiary/aromatic N) is 1. The van der Waals surface area contributed by atoms with Gasteiger partial charge in [-0.1, -0.05) is 71.2 Å². The number of carbonyl (C=O) groups excluding carboxylic acids is 2. The molecule has 0 fully saturated rings. The SMILES string of the molecule is Cc1ccc(S(=O)(=O)NCC(=O)NN=Cc2c(OC(=O)c3ccc(Cl)cc3Cl)ccc3ccccc23)cc1. The highest BCUT2D eigenvalue weighted by Crippen LogP contribution is 2.29. The number of sulfonamides is 1. The molecule has 11 heteroatoms. The number of hydrazone groups is 1. The topological polar surface area (TPSA) is 114 Å². The van der Waals surface area contributed by atoms with Gasteiger partial charge >= 0.3 is 5.97 Å². The van der Waals surface area contributed by atoms with Crippen LogP contribution in [0.1, 0.15) is 21.5 Å². The molecule has 4 rings (SSSR count). The number of amides is 1. The molecule has 38 heavy (non-hydrogen) atoms. The third-order valence-corrected chi connectivity index (χ3v) is 7.39. The average molecular weight is 570 g/mol. The monoisotopic (exact) mass is 569 g/mol. The van der Waals surface area contributed by atoms with Gasteiger partial charge in [-0.2, -0.15) is 5.10 Å². The van der Waals surface area contributed by atoms with Gasteiger partial charge in [-0.3, -0.25) is 4.79 Å². The summed E-state index contributed by atoms with van der Waals surface area (Å²) in [6.07, 6.45) is 1.32. The van der Waals surface area contributed by atoms with Crippen molar-refractivity contribution in [2.24, 2.45) is 5.10 Å². The van der Waals surface area contributed by atoms with Crippen molar-refractivity contribution in [2.45, 2.75) is 11.8 Å². The second-order valence-electron chi connectivity index (χ2n) is 8.14. The molecular formula is C27H21Cl2N3O5S. The summed E-state index contributed by atoms with van der Waals surface area (Å²) < 4.78 is 32.6. The lowest BCUT2D eigenvalue weighted by molar-refractivity contribution is -0.119. The van der Waals surface area contributed by atoms with E-state index in [1.54, 1.807) is 36.4 Å². The van der Waals surface area contributed by atoms with Gasteiger partial charge in [0.2, 0.25) is 10.0 Å². The number of halogens is 2. The van der Waals surface area contributed by atoms with Crippen LogP contribution in [0.2, 0.25) is 10.0 Å². The Kier molecular flexibility index (Phi) is 8.43. The number of esters is 1. The zero-order valence-corrected chi connectivity index (χ0v) is 22.3. The van der Waals surface area contributed by atoms with Gasteiger partial charge in [0.1, 0.15) is 5.75 Å². The van der Waals surface area contributed by atoms with Gasteiger partial charge in [0.25, 0.3) is 5.91 Å². The fourth-order valence-electron chi connectivity index (χ4n) is 3.48. The first-order valence-electron chi connectivity index (χ1n) is 11.2. The highest BCUT2D eigenvalue weighted by molar-refractivity contribution is 7.89. The second-order valence-corrected chi connectivity index (χ2v) is 10.8. The van der Waals surface area contributed by atoms with Crippen molar-refractivity contribution in [2.75, 3.05) is 6.54 Å². The number of aryl methyl sites for hydroxylation is 1. The summed E-state index contributed by atoms with van der Waals surface area (Å²) in [7, 11) is -3.87. The summed E-state index contributed by atoms with van der Waals surface area (Å²) in [4.78, 5) is 25.1. The van der Waals surface area contributed by atoms with Gasteiger partial charge in [0, 0.05) is 10.6 Å². The Labute approximate surface area is 229 Å². The van der Waals surface area contributed by atoms with E-state index < -0.39 is 28.4 Å². The van der Waals surface area contributed by atoms with Gasteiger partial charge in [0.15, 0.2) is 0 Å². The van der Waals surface area contributed by atoms with E-state index >= 15 is 0 Å². The van der Waals surface area contributed by atoms with Crippen molar-refractivity contribution in [1.29, 1.82) is 0 Å². The molecule has 0 aliphatic carbocycles. The summed E-state index contributed by atoms with van der Waals surface area (Å²) in [5.41, 5.74) is 3.74. The summed E-state index contributed by atoms with van der Waals surface area (Å²) in [6, 6.07) is 21.4. The highest BCUT2D eigenvalue weighted by Gasteiger charge is 2.17. The molecule has 0 unspecified atom stereocenters. The number of nitrogens with one attached hydrogen (secondary N) is 2. The summed E-state index contributed by atoms with van der Waals surface area (Å²) >= 11 is 12.1. The lowest BCUT2D eigenvalue weighted by Gasteiger charge is -2.11. The van der Waals surface area contributed by atoms with E-state index in [9.17, 15) is 18.0 Å². The third kappa shape index (κ3) is 6.56. The molecule has 8 nitrogen and oxygen atoms in total. The van der Waals surface area contributed by atoms with Crippen molar-refractivity contribution >= 4 is 62.1 Å². The number of carbonyl (C=O) groups is 2. The summed E-state index contributed by atoms with van der Waals surface area (Å²) in [5, 5.41) is 6.02. The number of hydrogen-bond acceptors (Lipinski definition) is 6. The fourth-order valence-corrected chi connectivity index (χ4v) is 4.95. The largest absolute Gasteiger partial charge is 0.422 e. The highest BCUT2D eigenvalue weighted by atomic mass is 35.5. The lowest BCUT2D eigenvalue weighted by Crippen LogP contribution is -2.34. The first kappa shape index (κ1) is 27.3. The molecule has 0 bridgehead atoms. The van der Waals surface area contributed by atoms with Crippen LogP contribution in [0.5, 0.6) is 5.75 Å². The number of ether oxygens (including phenoxy) is 1. The van der Waals surface area contributed by atoms with Crippen LogP contribution in [0.4, 0.5) is 0 Å². The molecule has 0 radical (unpaired) electrons. The number of fused-ring (bicyclic) bond motifs is 1. The van der Waals surface area contributed by atoms with E-state index in [0.29, 0.717) is 16.0 Å². The minimum Gasteiger partial charge on any atom is -0.422 e. The molecule has 1 amide bonds. The molecule has 0 aliphatic heterocycles. The Morgan fingerprint density at radius 3 is 2.45 bits per heavy atom. The molecule has 0 aromatic heterocycles. The molecule has 0 atom stereocenters. The Bertz CT molecular complexity index is 1660. The van der Waals surface area contributed by atoms with E-state index in [1.807, 2.05) is 19.1 Å². The maximum Gasteiger partial charge on any atom is 0.345 e. The van der Waals surface area contributed by atoms with Crippen LogP contribution >= 0.6 is 23.2 Å². The Morgan fingerprint density at radius 1 is 0.974 bits per heavy atom. The summed E-state index contributed by atoms with van der Waals surface area (Å²) in [6.45, 7) is 1.31. The first-order valence-corrected chi connectivity index (χ1v) is 13.5. The molecule has 0 saturated heterocycles. The van der Waals surface area contributed by atoms with Crippen LogP contribution in [0.15, 0.2) is 88.9 Å². The second kappa shape index (κ2) is 11.7. The van der Waals surface area contributed by atoms with Crippen LogP contribution in [0.25, 0.3) is 10.8 Å². The lowest BCUT2D eigenvalue weighted by atomic mass is 10.0. The average Bonchev–Trinajstić information content (AvgIpc) is 2.88. The number of rotatable bonds is 8. The van der Waals surface area contributed by atoms with E-state index in [4.69, 9.17) is 27.9 Å². The minimum atomic E-state index is -3.87. The molecule has 4 aromatic rings. The molecule has 0 saturated carbocycles. The van der Waals surface area contributed by atoms with E-state index in [1.165, 1.54) is 36.5 Å². The normalized spacial score (nSPS) is 11.6. The van der Waals surface area contributed by atoms with Crippen LogP contribution in [-0.2, 0) is 14.8 Å². The van der Waals surface area contributed by atoms with Crippen LogP contribution in [0, 0.1) is 6.92 Å². The van der Waals surface area contributed by atoms with Crippen molar-refractivity contribution in [3.63, 3.8) is 0 Å². The van der Waals surface area contributed by atoms with E-state index in [-0.39, 0.29) is 21.2 Å². The zero-order chi connectivity index (χ0) is 27.3. The summed E-state index contributed by atoms with van der Waals surface area (Å²) in [5.74, 6) is -1.22. The molecule has 0 heterocycles. The van der Waals surface area contributed by atoms with Gasteiger partial charge < -0.3 is 4.74 Å². The maximum atomic E-state index is 12.8. The van der Waals surface area contributed by atoms with Gasteiger partial charge in [0.05, 0.1) is 28.2 Å². The van der Waals surface area contributed by atoms with Crippen molar-refractivity contribution < 1.29 is 22.7 Å². The quantitative estimate of drug-likeness (QED) is 0.132. The first-order chi connectivity index (χ1) is 18.1. The van der Waals surface area contributed by atoms with Crippen LogP contribution in [-0.4, -0.2) is 33.1 Å². The molecule has 194 valence electrons. The van der Waals surface area contributed by atoms with E-state index in [2.05, 4.69) is 15.2 Å². The van der Waals surface area contributed by atoms with Gasteiger partial charge in [-0.25, -0.2) is 23.4 Å². The third-order valence-electron chi connectivity index (χ3n) is 5.42. The predicted molar refractivity (Wildman–Crippen MR) is 147 cm³/mol. The molecule has 0 aliphatic rings. The van der Waals surface area contributed by atoms with Gasteiger partial charge in [-0.05, 0) is 54.1 Å². The predicted octanol–water partition coefficient (Wildman–Crippen LogP) is 5.10. The van der Waals surface area contributed by atoms with Crippen molar-refractivity contribution in [1.82, 2.24) is 10.1 Å². The van der Waals surface area contributed by atoms with E-state index in [0.717, 1.165) is 10.9 Å². The number of benzene rings is 4. The molecule has 4 aromatic carbocycles. The van der Waals surface area contributed by atoms with Gasteiger partial charge in [-0.15, -0.1) is 0 Å². The number of hydrogen-bond donors (Lipinski definition) is 2. The van der Waals surface area contributed by atoms with Crippen molar-refractivity contribution in [3.05, 3.63) is 106 Å². The fraction of sp³-hybridized carbons (Fsp3) is 0.0741.